The van der Waals surface area contributed by atoms with E-state index < -0.39 is 39.5 Å². The van der Waals surface area contributed by atoms with Crippen molar-refractivity contribution >= 4 is 45.0 Å². The third-order valence-corrected chi connectivity index (χ3v) is 7.78. The zero-order valence-electron chi connectivity index (χ0n) is 17.6. The van der Waals surface area contributed by atoms with E-state index in [9.17, 15) is 27.5 Å². The van der Waals surface area contributed by atoms with E-state index in [2.05, 4.69) is 10.6 Å². The number of nitrogens with zero attached hydrogens (tertiary/aromatic N) is 1. The average Bonchev–Trinajstić information content (AvgIpc) is 2.76. The summed E-state index contributed by atoms with van der Waals surface area (Å²) in [5, 5.41) is 23.6. The lowest BCUT2D eigenvalue weighted by Gasteiger charge is -2.37. The number of amides is 2. The molecule has 1 fully saturated rings. The van der Waals surface area contributed by atoms with Crippen LogP contribution in [0.2, 0.25) is 5.02 Å². The van der Waals surface area contributed by atoms with Crippen LogP contribution in [0.4, 0.5) is 20.6 Å². The summed E-state index contributed by atoms with van der Waals surface area (Å²) in [6, 6.07) is 7.05. The first kappa shape index (κ1) is 24.0. The summed E-state index contributed by atoms with van der Waals surface area (Å²) in [5.74, 6) is -1.22. The Morgan fingerprint density at radius 1 is 1.24 bits per heavy atom. The normalized spacial score (nSPS) is 18.8. The minimum absolute atomic E-state index is 0.0481. The van der Waals surface area contributed by atoms with E-state index in [0.29, 0.717) is 12.8 Å². The lowest BCUT2D eigenvalue weighted by atomic mass is 9.79. The van der Waals surface area contributed by atoms with Crippen LogP contribution in [0.1, 0.15) is 19.3 Å². The SMILES string of the molecule is O=C(O)Nc1ccc2c(c1)N(S(=O)(=O)c1ccc(F)c(Cl)c1)CC(CNC(=O)C1(O)CCC1)O2. The van der Waals surface area contributed by atoms with E-state index >= 15 is 0 Å². The average molecular weight is 514 g/mol. The molecule has 1 unspecified atom stereocenters. The van der Waals surface area contributed by atoms with Gasteiger partial charge in [-0.3, -0.25) is 14.4 Å². The molecular weight excluding hydrogens is 493 g/mol. The van der Waals surface area contributed by atoms with Crippen molar-refractivity contribution in [3.8, 4) is 5.75 Å². The number of carbonyl (C=O) groups excluding carboxylic acids is 1. The number of fused-ring (bicyclic) bond motifs is 1. The first-order valence-corrected chi connectivity index (χ1v) is 12.1. The Morgan fingerprint density at radius 2 is 1.97 bits per heavy atom. The number of benzene rings is 2. The van der Waals surface area contributed by atoms with Crippen molar-refractivity contribution in [3.05, 3.63) is 47.2 Å². The fraction of sp³-hybridized carbons (Fsp3) is 0.333. The molecule has 13 heteroatoms. The maximum Gasteiger partial charge on any atom is 0.409 e. The summed E-state index contributed by atoms with van der Waals surface area (Å²) < 4.78 is 47.4. The summed E-state index contributed by atoms with van der Waals surface area (Å²) >= 11 is 5.79. The van der Waals surface area contributed by atoms with Crippen molar-refractivity contribution in [2.24, 2.45) is 0 Å². The van der Waals surface area contributed by atoms with Gasteiger partial charge in [-0.15, -0.1) is 0 Å². The Bertz CT molecular complexity index is 1250. The highest BCUT2D eigenvalue weighted by molar-refractivity contribution is 7.92. The van der Waals surface area contributed by atoms with E-state index in [1.807, 2.05) is 0 Å². The lowest BCUT2D eigenvalue weighted by molar-refractivity contribution is -0.148. The Labute approximate surface area is 199 Å². The molecule has 0 bridgehead atoms. The van der Waals surface area contributed by atoms with Crippen molar-refractivity contribution in [2.75, 3.05) is 22.7 Å². The van der Waals surface area contributed by atoms with E-state index in [-0.39, 0.29) is 40.1 Å². The molecule has 1 aliphatic carbocycles. The molecule has 2 aromatic carbocycles. The lowest BCUT2D eigenvalue weighted by Crippen LogP contribution is -2.55. The monoisotopic (exact) mass is 513 g/mol. The number of carboxylic acid groups (broad SMARTS) is 1. The third-order valence-electron chi connectivity index (χ3n) is 5.71. The molecule has 182 valence electrons. The van der Waals surface area contributed by atoms with E-state index in [1.165, 1.54) is 18.2 Å². The number of halogens is 2. The molecule has 1 atom stereocenters. The third kappa shape index (κ3) is 4.61. The minimum Gasteiger partial charge on any atom is -0.484 e. The molecule has 0 spiro atoms. The van der Waals surface area contributed by atoms with Crippen LogP contribution in [0.3, 0.4) is 0 Å². The molecular formula is C21H21ClFN3O7S. The maximum absolute atomic E-state index is 13.6. The molecule has 0 saturated heterocycles. The van der Waals surface area contributed by atoms with Crippen molar-refractivity contribution in [1.82, 2.24) is 5.32 Å². The summed E-state index contributed by atoms with van der Waals surface area (Å²) in [6.07, 6.45) is -0.748. The van der Waals surface area contributed by atoms with Crippen LogP contribution in [-0.2, 0) is 14.8 Å². The second kappa shape index (κ2) is 8.93. The standard InChI is InChI=1S/C21H21ClFN3O7S/c22-15-9-14(3-4-16(15)23)34(31,32)26-11-13(10-24-19(27)21(30)6-1-7-21)33-18-5-2-12(8-17(18)26)25-20(28)29/h2-5,8-9,13,25,30H,1,6-7,10-11H2,(H,24,27)(H,28,29). The van der Waals surface area contributed by atoms with Crippen LogP contribution in [-0.4, -0.2) is 55.4 Å². The number of hydrogen-bond donors (Lipinski definition) is 4. The maximum atomic E-state index is 13.6. The fourth-order valence-corrected chi connectivity index (χ4v) is 5.49. The van der Waals surface area contributed by atoms with Gasteiger partial charge in [0.15, 0.2) is 0 Å². The van der Waals surface area contributed by atoms with Gasteiger partial charge in [0.25, 0.3) is 15.9 Å². The van der Waals surface area contributed by atoms with Gasteiger partial charge in [0.2, 0.25) is 0 Å². The number of carbonyl (C=O) groups is 2. The molecule has 1 heterocycles. The zero-order valence-corrected chi connectivity index (χ0v) is 19.2. The van der Waals surface area contributed by atoms with E-state index in [4.69, 9.17) is 21.4 Å². The van der Waals surface area contributed by atoms with E-state index in [1.54, 1.807) is 0 Å². The van der Waals surface area contributed by atoms with Gasteiger partial charge in [-0.1, -0.05) is 11.6 Å². The quantitative estimate of drug-likeness (QED) is 0.464. The largest absolute Gasteiger partial charge is 0.484 e. The molecule has 0 radical (unpaired) electrons. The van der Waals surface area contributed by atoms with Crippen LogP contribution >= 0.6 is 11.6 Å². The van der Waals surface area contributed by atoms with Crippen molar-refractivity contribution in [1.29, 1.82) is 0 Å². The van der Waals surface area contributed by atoms with Gasteiger partial charge in [0.1, 0.15) is 23.3 Å². The fourth-order valence-electron chi connectivity index (χ4n) is 3.72. The smallest absolute Gasteiger partial charge is 0.409 e. The second-order valence-electron chi connectivity index (χ2n) is 8.06. The number of sulfonamides is 1. The second-order valence-corrected chi connectivity index (χ2v) is 10.3. The number of hydrogen-bond acceptors (Lipinski definition) is 6. The summed E-state index contributed by atoms with van der Waals surface area (Å²) in [4.78, 5) is 23.0. The van der Waals surface area contributed by atoms with Gasteiger partial charge in [-0.25, -0.2) is 17.6 Å². The molecule has 2 aromatic rings. The highest BCUT2D eigenvalue weighted by Crippen LogP contribution is 2.39. The minimum atomic E-state index is -4.29. The van der Waals surface area contributed by atoms with Crippen molar-refractivity contribution < 1.29 is 37.3 Å². The van der Waals surface area contributed by atoms with Gasteiger partial charge in [-0.05, 0) is 55.7 Å². The number of anilines is 2. The van der Waals surface area contributed by atoms with Gasteiger partial charge in [0, 0.05) is 5.69 Å². The molecule has 0 aromatic heterocycles. The van der Waals surface area contributed by atoms with Gasteiger partial charge < -0.3 is 20.3 Å². The first-order chi connectivity index (χ1) is 16.0. The zero-order chi connectivity index (χ0) is 24.7. The van der Waals surface area contributed by atoms with Crippen LogP contribution in [0.15, 0.2) is 41.3 Å². The highest BCUT2D eigenvalue weighted by atomic mass is 35.5. The van der Waals surface area contributed by atoms with Crippen molar-refractivity contribution in [3.63, 3.8) is 0 Å². The Kier molecular flexibility index (Phi) is 6.32. The predicted molar refractivity (Wildman–Crippen MR) is 120 cm³/mol. The molecule has 4 rings (SSSR count). The Hall–Kier alpha value is -3.09. The van der Waals surface area contributed by atoms with Crippen LogP contribution < -0.4 is 19.7 Å². The topological polar surface area (TPSA) is 145 Å². The number of nitrogens with one attached hydrogen (secondary N) is 2. The molecule has 2 aliphatic rings. The van der Waals surface area contributed by atoms with Crippen LogP contribution in [0, 0.1) is 5.82 Å². The summed E-state index contributed by atoms with van der Waals surface area (Å²) in [5.41, 5.74) is -1.28. The highest BCUT2D eigenvalue weighted by Gasteiger charge is 2.42. The molecule has 4 N–H and O–H groups in total. The first-order valence-electron chi connectivity index (χ1n) is 10.3. The number of aliphatic hydroxyl groups is 1. The van der Waals surface area contributed by atoms with Gasteiger partial charge >= 0.3 is 6.09 Å². The molecule has 10 nitrogen and oxygen atoms in total. The van der Waals surface area contributed by atoms with Crippen LogP contribution in [0.5, 0.6) is 5.75 Å². The Balaban J connectivity index is 1.66. The predicted octanol–water partition coefficient (Wildman–Crippen LogP) is 2.56. The molecule has 1 aliphatic heterocycles. The summed E-state index contributed by atoms with van der Waals surface area (Å²) in [6.45, 7) is -0.342. The molecule has 1 saturated carbocycles. The van der Waals surface area contributed by atoms with Crippen LogP contribution in [0.25, 0.3) is 0 Å². The number of ether oxygens (including phenoxy) is 1. The summed E-state index contributed by atoms with van der Waals surface area (Å²) in [7, 11) is -4.29. The molecule has 34 heavy (non-hydrogen) atoms. The van der Waals surface area contributed by atoms with Gasteiger partial charge in [-0.2, -0.15) is 0 Å². The van der Waals surface area contributed by atoms with E-state index in [0.717, 1.165) is 28.9 Å². The number of rotatable bonds is 6. The Morgan fingerprint density at radius 3 is 2.59 bits per heavy atom. The molecule has 2 amide bonds. The van der Waals surface area contributed by atoms with Gasteiger partial charge in [0.05, 0.1) is 28.7 Å². The van der Waals surface area contributed by atoms with Crippen molar-refractivity contribution in [2.45, 2.75) is 35.9 Å².